The van der Waals surface area contributed by atoms with E-state index in [0.29, 0.717) is 39.7 Å². The Morgan fingerprint density at radius 3 is 2.68 bits per heavy atom. The predicted molar refractivity (Wildman–Crippen MR) is 148 cm³/mol. The normalized spacial score (nSPS) is 13.7. The number of hydrogen-bond donors (Lipinski definition) is 2. The second kappa shape index (κ2) is 9.75. The summed E-state index contributed by atoms with van der Waals surface area (Å²) in [7, 11) is 0.0205. The van der Waals surface area contributed by atoms with Crippen LogP contribution in [0.4, 0.5) is 28.8 Å². The summed E-state index contributed by atoms with van der Waals surface area (Å²) in [6, 6.07) is 9.84. The monoisotopic (exact) mass is 516 g/mol. The minimum atomic E-state index is -3.58. The van der Waals surface area contributed by atoms with Gasteiger partial charge in [0.05, 0.1) is 17.5 Å². The van der Waals surface area contributed by atoms with Crippen molar-refractivity contribution >= 4 is 56.0 Å². The molecule has 1 aliphatic heterocycles. The highest BCUT2D eigenvalue weighted by Gasteiger charge is 2.21. The van der Waals surface area contributed by atoms with Crippen LogP contribution in [0.15, 0.2) is 55.5 Å². The average molecular weight is 517 g/mol. The van der Waals surface area contributed by atoms with Crippen LogP contribution in [0.1, 0.15) is 16.7 Å². The molecule has 3 heterocycles. The zero-order valence-electron chi connectivity index (χ0n) is 20.9. The first-order chi connectivity index (χ1) is 17.7. The molecule has 0 bridgehead atoms. The van der Waals surface area contributed by atoms with Crippen molar-refractivity contribution in [3.63, 3.8) is 0 Å². The molecule has 0 aliphatic carbocycles. The van der Waals surface area contributed by atoms with Crippen molar-refractivity contribution < 1.29 is 8.42 Å². The SMILES string of the molecule is C=Cc1cnc(Nc2ccc3c(c2)CN(C)CC3)nc1Nc1ccc2nccnc2c1N(C)S(C)(=O)=O. The second-order valence-electron chi connectivity index (χ2n) is 9.04. The van der Waals surface area contributed by atoms with Crippen molar-refractivity contribution in [2.24, 2.45) is 0 Å². The fraction of sp³-hybridized carbons (Fsp3) is 0.231. The molecule has 0 fully saturated rings. The zero-order valence-corrected chi connectivity index (χ0v) is 21.7. The van der Waals surface area contributed by atoms with E-state index in [9.17, 15) is 8.42 Å². The van der Waals surface area contributed by atoms with Crippen LogP contribution < -0.4 is 14.9 Å². The average Bonchev–Trinajstić information content (AvgIpc) is 2.87. The third-order valence-corrected chi connectivity index (χ3v) is 7.56. The molecule has 10 nitrogen and oxygen atoms in total. The van der Waals surface area contributed by atoms with E-state index in [2.05, 4.69) is 61.2 Å². The first kappa shape index (κ1) is 24.6. The number of aromatic nitrogens is 4. The van der Waals surface area contributed by atoms with Crippen molar-refractivity contribution in [2.75, 3.05) is 41.8 Å². The van der Waals surface area contributed by atoms with Gasteiger partial charge in [0, 0.05) is 50.0 Å². The largest absolute Gasteiger partial charge is 0.338 e. The quantitative estimate of drug-likeness (QED) is 0.377. The number of likely N-dealkylation sites (N-methyl/N-ethyl adjacent to an activating group) is 1. The molecular formula is C26H28N8O2S. The van der Waals surface area contributed by atoms with Gasteiger partial charge in [-0.15, -0.1) is 0 Å². The molecule has 0 saturated carbocycles. The molecule has 4 aromatic rings. The summed E-state index contributed by atoms with van der Waals surface area (Å²) in [6.07, 6.45) is 8.58. The molecule has 2 aromatic heterocycles. The van der Waals surface area contributed by atoms with Crippen molar-refractivity contribution in [2.45, 2.75) is 13.0 Å². The van der Waals surface area contributed by atoms with E-state index in [1.807, 2.05) is 6.07 Å². The topological polar surface area (TPSA) is 116 Å². The van der Waals surface area contributed by atoms with Gasteiger partial charge in [-0.3, -0.25) is 14.3 Å². The number of rotatable bonds is 7. The van der Waals surface area contributed by atoms with Crippen LogP contribution in [0.25, 0.3) is 17.1 Å². The minimum Gasteiger partial charge on any atom is -0.338 e. The van der Waals surface area contributed by atoms with Crippen LogP contribution >= 0.6 is 0 Å². The Labute approximate surface area is 216 Å². The van der Waals surface area contributed by atoms with E-state index >= 15 is 0 Å². The van der Waals surface area contributed by atoms with Crippen LogP contribution in [0.5, 0.6) is 0 Å². The molecule has 0 unspecified atom stereocenters. The van der Waals surface area contributed by atoms with Gasteiger partial charge in [0.25, 0.3) is 0 Å². The third kappa shape index (κ3) is 5.09. The van der Waals surface area contributed by atoms with Crippen molar-refractivity contribution in [3.05, 3.63) is 72.2 Å². The van der Waals surface area contributed by atoms with E-state index in [0.717, 1.165) is 31.5 Å². The predicted octanol–water partition coefficient (Wildman–Crippen LogP) is 3.93. The molecular weight excluding hydrogens is 488 g/mol. The lowest BCUT2D eigenvalue weighted by Gasteiger charge is -2.25. The molecule has 0 spiro atoms. The van der Waals surface area contributed by atoms with E-state index in [-0.39, 0.29) is 0 Å². The lowest BCUT2D eigenvalue weighted by atomic mass is 9.99. The van der Waals surface area contributed by atoms with Crippen molar-refractivity contribution in [1.82, 2.24) is 24.8 Å². The highest BCUT2D eigenvalue weighted by molar-refractivity contribution is 7.92. The van der Waals surface area contributed by atoms with Crippen molar-refractivity contribution in [3.8, 4) is 0 Å². The maximum atomic E-state index is 12.5. The maximum Gasteiger partial charge on any atom is 0.232 e. The molecule has 37 heavy (non-hydrogen) atoms. The molecule has 11 heteroatoms. The van der Waals surface area contributed by atoms with Crippen LogP contribution in [-0.2, 0) is 23.0 Å². The second-order valence-corrected chi connectivity index (χ2v) is 11.1. The first-order valence-electron chi connectivity index (χ1n) is 11.7. The number of fused-ring (bicyclic) bond motifs is 2. The number of hydrogen-bond acceptors (Lipinski definition) is 9. The number of benzene rings is 2. The van der Waals surface area contributed by atoms with Gasteiger partial charge in [0.2, 0.25) is 16.0 Å². The van der Waals surface area contributed by atoms with E-state index in [4.69, 9.17) is 0 Å². The van der Waals surface area contributed by atoms with E-state index < -0.39 is 10.0 Å². The summed E-state index contributed by atoms with van der Waals surface area (Å²) in [5.41, 5.74) is 6.09. The third-order valence-electron chi connectivity index (χ3n) is 6.38. The number of nitrogens with one attached hydrogen (secondary N) is 2. The van der Waals surface area contributed by atoms with Gasteiger partial charge < -0.3 is 15.5 Å². The molecule has 1 aliphatic rings. The molecule has 5 rings (SSSR count). The Morgan fingerprint density at radius 1 is 1.08 bits per heavy atom. The maximum absolute atomic E-state index is 12.5. The zero-order chi connectivity index (χ0) is 26.2. The Hall–Kier alpha value is -4.09. The fourth-order valence-corrected chi connectivity index (χ4v) is 4.86. The summed E-state index contributed by atoms with van der Waals surface area (Å²) in [5, 5.41) is 6.57. The summed E-state index contributed by atoms with van der Waals surface area (Å²) >= 11 is 0. The number of anilines is 5. The van der Waals surface area contributed by atoms with Crippen LogP contribution in [0.2, 0.25) is 0 Å². The summed E-state index contributed by atoms with van der Waals surface area (Å²) < 4.78 is 26.1. The summed E-state index contributed by atoms with van der Waals surface area (Å²) in [5.74, 6) is 0.868. The standard InChI is InChI=1S/C26H28N8O2S/c1-5-17-15-29-26(30-20-7-6-18-10-13-33(2)16-19(18)14-20)32-25(17)31-22-9-8-21-23(28-12-11-27-21)24(22)34(3)37(4,35)36/h5-9,11-12,14-15H,1,10,13,16H2,2-4H3,(H2,29,30,31,32). The van der Waals surface area contributed by atoms with Gasteiger partial charge in [0.1, 0.15) is 17.0 Å². The first-order valence-corrected chi connectivity index (χ1v) is 13.6. The Balaban J connectivity index is 1.52. The van der Waals surface area contributed by atoms with Crippen LogP contribution in [0.3, 0.4) is 0 Å². The lowest BCUT2D eigenvalue weighted by Crippen LogP contribution is -2.26. The highest BCUT2D eigenvalue weighted by atomic mass is 32.2. The molecule has 190 valence electrons. The Bertz CT molecular complexity index is 1610. The molecule has 0 atom stereocenters. The number of sulfonamides is 1. The van der Waals surface area contributed by atoms with Crippen molar-refractivity contribution in [1.29, 1.82) is 0 Å². The van der Waals surface area contributed by atoms with Gasteiger partial charge in [-0.25, -0.2) is 13.4 Å². The molecule has 0 radical (unpaired) electrons. The molecule has 2 N–H and O–H groups in total. The molecule has 0 amide bonds. The van der Waals surface area contributed by atoms with Gasteiger partial charge in [-0.2, -0.15) is 4.98 Å². The molecule has 2 aromatic carbocycles. The van der Waals surface area contributed by atoms with Gasteiger partial charge in [-0.05, 0) is 48.9 Å². The highest BCUT2D eigenvalue weighted by Crippen LogP contribution is 2.36. The van der Waals surface area contributed by atoms with Crippen LogP contribution in [0, 0.1) is 0 Å². The van der Waals surface area contributed by atoms with Gasteiger partial charge in [0.15, 0.2) is 0 Å². The minimum absolute atomic E-state index is 0.370. The van der Waals surface area contributed by atoms with E-state index in [1.165, 1.54) is 28.7 Å². The number of nitrogens with zero attached hydrogens (tertiary/aromatic N) is 6. The summed E-state index contributed by atoms with van der Waals surface area (Å²) in [6.45, 7) is 5.83. The Kier molecular flexibility index (Phi) is 6.48. The van der Waals surface area contributed by atoms with Gasteiger partial charge in [-0.1, -0.05) is 18.7 Å². The smallest absolute Gasteiger partial charge is 0.232 e. The summed E-state index contributed by atoms with van der Waals surface area (Å²) in [4.78, 5) is 20.1. The molecule has 0 saturated heterocycles. The Morgan fingerprint density at radius 2 is 1.89 bits per heavy atom. The van der Waals surface area contributed by atoms with E-state index in [1.54, 1.807) is 30.6 Å². The lowest BCUT2D eigenvalue weighted by molar-refractivity contribution is 0.313. The van der Waals surface area contributed by atoms with Crippen LogP contribution in [-0.4, -0.2) is 60.1 Å². The van der Waals surface area contributed by atoms with Gasteiger partial charge >= 0.3 is 0 Å². The fourth-order valence-electron chi connectivity index (χ4n) is 4.34.